The van der Waals surface area contributed by atoms with Crippen LogP contribution in [0, 0.1) is 58.0 Å². The number of fused-ring (bicyclic) bond motifs is 6. The van der Waals surface area contributed by atoms with Crippen molar-refractivity contribution in [3.63, 3.8) is 0 Å². The van der Waals surface area contributed by atoms with E-state index in [0.29, 0.717) is 25.2 Å². The second kappa shape index (κ2) is 9.59. The molecule has 1 aromatic heterocycles. The van der Waals surface area contributed by atoms with E-state index in [1.165, 1.54) is 0 Å². The van der Waals surface area contributed by atoms with Gasteiger partial charge in [-0.15, -0.1) is 0 Å². The van der Waals surface area contributed by atoms with E-state index in [1.807, 2.05) is 0 Å². The number of rotatable bonds is 4. The van der Waals surface area contributed by atoms with E-state index >= 15 is 0 Å². The number of hydrogen-bond acceptors (Lipinski definition) is 6. The zero-order valence-electron chi connectivity index (χ0n) is 23.1. The molecule has 6 rings (SSSR count). The van der Waals surface area contributed by atoms with E-state index in [-0.39, 0.29) is 63.3 Å². The molecule has 4 fully saturated rings. The van der Waals surface area contributed by atoms with Crippen LogP contribution in [0.15, 0.2) is 21.3 Å². The fraction of sp³-hybridized carbons (Fsp3) is 0.742. The van der Waals surface area contributed by atoms with Gasteiger partial charge < -0.3 is 19.7 Å². The molecule has 3 N–H and O–H groups in total. The quantitative estimate of drug-likeness (QED) is 0.500. The van der Waals surface area contributed by atoms with Crippen molar-refractivity contribution in [2.75, 3.05) is 0 Å². The monoisotopic (exact) mass is 545 g/mol. The highest BCUT2D eigenvalue weighted by atomic mass is 19.2. The normalized spacial score (nSPS) is 42.6. The minimum absolute atomic E-state index is 0.0385. The predicted molar refractivity (Wildman–Crippen MR) is 142 cm³/mol. The van der Waals surface area contributed by atoms with Gasteiger partial charge in [0.2, 0.25) is 0 Å². The summed E-state index contributed by atoms with van der Waals surface area (Å²) in [5.41, 5.74) is -0.923. The lowest BCUT2D eigenvalue weighted by Crippen LogP contribution is -2.62. The molecule has 11 atom stereocenters. The molecule has 214 valence electrons. The number of benzene rings is 1. The zero-order valence-corrected chi connectivity index (χ0v) is 23.1. The van der Waals surface area contributed by atoms with Gasteiger partial charge in [0.25, 0.3) is 0 Å². The Hall–Kier alpha value is -1.90. The van der Waals surface area contributed by atoms with Crippen molar-refractivity contribution < 1.29 is 28.5 Å². The molecule has 0 spiro atoms. The number of halogens is 2. The van der Waals surface area contributed by atoms with Crippen molar-refractivity contribution in [3.05, 3.63) is 40.1 Å². The van der Waals surface area contributed by atoms with Crippen molar-refractivity contribution >= 4 is 10.9 Å². The maximum atomic E-state index is 13.7. The first-order chi connectivity index (χ1) is 18.4. The second-order valence-corrected chi connectivity index (χ2v) is 13.7. The van der Waals surface area contributed by atoms with E-state index < -0.39 is 29.5 Å². The highest BCUT2D eigenvalue weighted by Gasteiger charge is 2.65. The van der Waals surface area contributed by atoms with Gasteiger partial charge in [-0.1, -0.05) is 20.8 Å². The zero-order chi connectivity index (χ0) is 27.9. The number of aliphatic hydroxyl groups is 3. The van der Waals surface area contributed by atoms with Crippen molar-refractivity contribution in [1.82, 2.24) is 4.98 Å². The van der Waals surface area contributed by atoms with E-state index in [4.69, 9.17) is 4.42 Å². The van der Waals surface area contributed by atoms with E-state index in [9.17, 15) is 28.9 Å². The van der Waals surface area contributed by atoms with Gasteiger partial charge in [0, 0.05) is 12.5 Å². The van der Waals surface area contributed by atoms with Gasteiger partial charge in [-0.25, -0.2) is 18.6 Å². The van der Waals surface area contributed by atoms with Crippen molar-refractivity contribution in [1.29, 1.82) is 0 Å². The molecule has 0 aliphatic heterocycles. The number of nitrogens with zero attached hydrogens (tertiary/aromatic N) is 1. The molecule has 39 heavy (non-hydrogen) atoms. The van der Waals surface area contributed by atoms with Gasteiger partial charge in [-0.2, -0.15) is 0 Å². The molecular weight excluding hydrogens is 504 g/mol. The summed E-state index contributed by atoms with van der Waals surface area (Å²) in [6.45, 7) is 6.72. The van der Waals surface area contributed by atoms with Crippen LogP contribution in [-0.2, 0) is 6.42 Å². The van der Waals surface area contributed by atoms with Crippen molar-refractivity contribution in [3.8, 4) is 0 Å². The number of aliphatic hydroxyl groups excluding tert-OH is 3. The molecule has 6 nitrogen and oxygen atoms in total. The van der Waals surface area contributed by atoms with Crippen LogP contribution in [0.5, 0.6) is 0 Å². The summed E-state index contributed by atoms with van der Waals surface area (Å²) in [6, 6.07) is 1.75. The summed E-state index contributed by atoms with van der Waals surface area (Å²) in [6.07, 6.45) is 5.74. The molecule has 2 aromatic rings. The average molecular weight is 546 g/mol. The summed E-state index contributed by atoms with van der Waals surface area (Å²) in [5.74, 6) is -0.587. The highest BCUT2D eigenvalue weighted by Crippen LogP contribution is 2.68. The van der Waals surface area contributed by atoms with Crippen molar-refractivity contribution in [2.24, 2.45) is 46.3 Å². The summed E-state index contributed by atoms with van der Waals surface area (Å²) in [4.78, 5) is 16.7. The molecule has 4 aliphatic carbocycles. The Morgan fingerprint density at radius 2 is 1.79 bits per heavy atom. The SMILES string of the molecule is C[C@H](CCc1nc2cc(F)c(F)cc2c(=O)o1)[C@H]1CC[C@H]2[C@H]3C(C[C@H](O)[C@]12C)[C@@]1(C)CC[C@@H](O)C[C@H]1C[C@H]3O. The minimum atomic E-state index is -1.11. The van der Waals surface area contributed by atoms with Crippen LogP contribution in [0.1, 0.15) is 78.0 Å². The summed E-state index contributed by atoms with van der Waals surface area (Å²) in [5, 5.41) is 33.5. The lowest BCUT2D eigenvalue weighted by molar-refractivity contribution is -0.207. The molecule has 1 unspecified atom stereocenters. The minimum Gasteiger partial charge on any atom is -0.408 e. The fourth-order valence-electron chi connectivity index (χ4n) is 9.90. The van der Waals surface area contributed by atoms with Crippen LogP contribution in [0.3, 0.4) is 0 Å². The Bertz CT molecular complexity index is 1320. The molecule has 0 amide bonds. The molecule has 0 saturated heterocycles. The summed E-state index contributed by atoms with van der Waals surface area (Å²) in [7, 11) is 0. The van der Waals surface area contributed by atoms with E-state index in [0.717, 1.165) is 50.7 Å². The van der Waals surface area contributed by atoms with Crippen molar-refractivity contribution in [2.45, 2.75) is 96.9 Å². The fourth-order valence-corrected chi connectivity index (χ4v) is 9.90. The lowest BCUT2D eigenvalue weighted by Gasteiger charge is -2.63. The Labute approximate surface area is 227 Å². The molecule has 0 radical (unpaired) electrons. The topological polar surface area (TPSA) is 104 Å². The van der Waals surface area contributed by atoms with Gasteiger partial charge in [0.15, 0.2) is 17.5 Å². The first-order valence-electron chi connectivity index (χ1n) is 14.8. The van der Waals surface area contributed by atoms with Gasteiger partial charge in [0.05, 0.1) is 29.2 Å². The van der Waals surface area contributed by atoms with Crippen LogP contribution >= 0.6 is 0 Å². The van der Waals surface area contributed by atoms with Gasteiger partial charge in [-0.3, -0.25) is 0 Å². The highest BCUT2D eigenvalue weighted by molar-refractivity contribution is 5.77. The van der Waals surface area contributed by atoms with Gasteiger partial charge in [0.1, 0.15) is 0 Å². The standard InChI is InChI=1S/C31H41F2NO5/c1-15(4-7-27-34-24-14-23(33)22(32)12-18(24)29(38)39-27)19-5-6-20-28-21(13-26(37)31(19,20)3)30(2)9-8-17(35)10-16(30)11-25(28)36/h12,14-17,19-21,25-26,28,35-37H,4-11,13H2,1-3H3/t15-,16+,17-,19-,20+,21?,25-,26+,28+,30+,31-/m1/s1. The van der Waals surface area contributed by atoms with Crippen LogP contribution in [0.4, 0.5) is 8.78 Å². The Balaban J connectivity index is 1.21. The molecule has 0 bridgehead atoms. The van der Waals surface area contributed by atoms with Gasteiger partial charge >= 0.3 is 5.63 Å². The number of aryl methyl sites for hydroxylation is 1. The third kappa shape index (κ3) is 4.19. The van der Waals surface area contributed by atoms with Crippen LogP contribution in [-0.4, -0.2) is 38.6 Å². The molecule has 8 heteroatoms. The van der Waals surface area contributed by atoms with Crippen LogP contribution in [0.25, 0.3) is 10.9 Å². The Morgan fingerprint density at radius 1 is 1.05 bits per heavy atom. The summed E-state index contributed by atoms with van der Waals surface area (Å²) >= 11 is 0. The summed E-state index contributed by atoms with van der Waals surface area (Å²) < 4.78 is 32.7. The molecular formula is C31H41F2NO5. The first kappa shape index (κ1) is 27.3. The predicted octanol–water partition coefficient (Wildman–Crippen LogP) is 5.00. The van der Waals surface area contributed by atoms with E-state index in [1.54, 1.807) is 0 Å². The Kier molecular flexibility index (Phi) is 6.71. The molecule has 4 aliphatic rings. The smallest absolute Gasteiger partial charge is 0.346 e. The maximum absolute atomic E-state index is 13.7. The molecule has 4 saturated carbocycles. The number of hydrogen-bond donors (Lipinski definition) is 3. The second-order valence-electron chi connectivity index (χ2n) is 13.7. The third-order valence-electron chi connectivity index (χ3n) is 12.0. The molecule has 1 aromatic carbocycles. The Morgan fingerprint density at radius 3 is 2.56 bits per heavy atom. The maximum Gasteiger partial charge on any atom is 0.346 e. The first-order valence-corrected chi connectivity index (χ1v) is 14.8. The van der Waals surface area contributed by atoms with Crippen LogP contribution in [0.2, 0.25) is 0 Å². The number of aromatic nitrogens is 1. The largest absolute Gasteiger partial charge is 0.408 e. The average Bonchev–Trinajstić information content (AvgIpc) is 3.24. The van der Waals surface area contributed by atoms with Gasteiger partial charge in [-0.05, 0) is 104 Å². The van der Waals surface area contributed by atoms with Crippen LogP contribution < -0.4 is 5.63 Å². The third-order valence-corrected chi connectivity index (χ3v) is 12.0. The lowest BCUT2D eigenvalue weighted by atomic mass is 9.43. The molecule has 1 heterocycles. The van der Waals surface area contributed by atoms with E-state index in [2.05, 4.69) is 25.8 Å².